The van der Waals surface area contributed by atoms with E-state index in [0.717, 1.165) is 5.56 Å². The minimum absolute atomic E-state index is 0.202. The molecule has 0 aliphatic rings. The number of nitrogens with one attached hydrogen (secondary N) is 1. The molecule has 2 aromatic carbocycles. The van der Waals surface area contributed by atoms with Crippen LogP contribution >= 0.6 is 0 Å². The van der Waals surface area contributed by atoms with E-state index < -0.39 is 10.0 Å². The van der Waals surface area contributed by atoms with Gasteiger partial charge >= 0.3 is 0 Å². The summed E-state index contributed by atoms with van der Waals surface area (Å²) in [7, 11) is -3.50. The average molecular weight is 291 g/mol. The first-order chi connectivity index (χ1) is 9.63. The van der Waals surface area contributed by atoms with Crippen LogP contribution in [0.4, 0.5) is 0 Å². The second-order valence-corrected chi connectivity index (χ2v) is 5.95. The number of sulfonamides is 1. The number of benzene rings is 2. The van der Waals surface area contributed by atoms with Crippen molar-refractivity contribution in [3.63, 3.8) is 0 Å². The van der Waals surface area contributed by atoms with Gasteiger partial charge in [0.2, 0.25) is 10.0 Å². The summed E-state index contributed by atoms with van der Waals surface area (Å²) in [5.74, 6) is 0.700. The predicted octanol–water partition coefficient (Wildman–Crippen LogP) is 2.56. The van der Waals surface area contributed by atoms with Crippen LogP contribution in [-0.4, -0.2) is 15.0 Å². The van der Waals surface area contributed by atoms with Crippen molar-refractivity contribution in [3.05, 3.63) is 60.2 Å². The molecule has 0 amide bonds. The van der Waals surface area contributed by atoms with Gasteiger partial charge in [-0.2, -0.15) is 0 Å². The maximum atomic E-state index is 12.1. The standard InChI is InChI=1S/C15H17NO3S/c1-2-19-15-11-7-6-8-13(15)12-16-20(17,18)14-9-4-3-5-10-14/h3-11,16H,2,12H2,1H3. The topological polar surface area (TPSA) is 55.4 Å². The summed E-state index contributed by atoms with van der Waals surface area (Å²) in [6, 6.07) is 15.7. The normalized spacial score (nSPS) is 11.2. The maximum absolute atomic E-state index is 12.1. The molecule has 0 fully saturated rings. The van der Waals surface area contributed by atoms with Crippen LogP contribution in [0.1, 0.15) is 12.5 Å². The quantitative estimate of drug-likeness (QED) is 0.890. The molecule has 0 spiro atoms. The lowest BCUT2D eigenvalue weighted by molar-refractivity contribution is 0.336. The third kappa shape index (κ3) is 3.59. The number of rotatable bonds is 6. The van der Waals surface area contributed by atoms with Crippen molar-refractivity contribution in [2.24, 2.45) is 0 Å². The minimum atomic E-state index is -3.50. The smallest absolute Gasteiger partial charge is 0.240 e. The highest BCUT2D eigenvalue weighted by molar-refractivity contribution is 7.89. The van der Waals surface area contributed by atoms with Gasteiger partial charge in [-0.15, -0.1) is 0 Å². The molecule has 20 heavy (non-hydrogen) atoms. The summed E-state index contributed by atoms with van der Waals surface area (Å²) in [5, 5.41) is 0. The largest absolute Gasteiger partial charge is 0.494 e. The molecule has 2 rings (SSSR count). The molecule has 106 valence electrons. The van der Waals surface area contributed by atoms with Crippen LogP contribution in [0.25, 0.3) is 0 Å². The van der Waals surface area contributed by atoms with E-state index in [1.807, 2.05) is 31.2 Å². The highest BCUT2D eigenvalue weighted by Crippen LogP contribution is 2.18. The van der Waals surface area contributed by atoms with Gasteiger partial charge in [0.15, 0.2) is 0 Å². The third-order valence-corrected chi connectivity index (χ3v) is 4.20. The number of ether oxygens (including phenoxy) is 1. The van der Waals surface area contributed by atoms with Gasteiger partial charge in [-0.25, -0.2) is 13.1 Å². The fraction of sp³-hybridized carbons (Fsp3) is 0.200. The Labute approximate surface area is 119 Å². The van der Waals surface area contributed by atoms with Crippen LogP contribution < -0.4 is 9.46 Å². The Morgan fingerprint density at radius 2 is 1.65 bits per heavy atom. The van der Waals surface area contributed by atoms with Crippen molar-refractivity contribution >= 4 is 10.0 Å². The highest BCUT2D eigenvalue weighted by Gasteiger charge is 2.13. The molecule has 0 aliphatic heterocycles. The molecule has 5 heteroatoms. The van der Waals surface area contributed by atoms with Crippen LogP contribution in [-0.2, 0) is 16.6 Å². The molecule has 0 heterocycles. The van der Waals surface area contributed by atoms with E-state index in [1.165, 1.54) is 0 Å². The monoisotopic (exact) mass is 291 g/mol. The Kier molecular flexibility index (Phi) is 4.76. The van der Waals surface area contributed by atoms with Crippen LogP contribution in [0.15, 0.2) is 59.5 Å². The SMILES string of the molecule is CCOc1ccccc1CNS(=O)(=O)c1ccccc1. The molecule has 1 N–H and O–H groups in total. The molecular formula is C15H17NO3S. The number of hydrogen-bond donors (Lipinski definition) is 1. The van der Waals surface area contributed by atoms with Gasteiger partial charge in [0, 0.05) is 12.1 Å². The van der Waals surface area contributed by atoms with Crippen molar-refractivity contribution in [1.82, 2.24) is 4.72 Å². The lowest BCUT2D eigenvalue weighted by Crippen LogP contribution is -2.23. The minimum Gasteiger partial charge on any atom is -0.494 e. The average Bonchev–Trinajstić information content (AvgIpc) is 2.48. The van der Waals surface area contributed by atoms with E-state index in [9.17, 15) is 8.42 Å². The molecular weight excluding hydrogens is 274 g/mol. The van der Waals surface area contributed by atoms with E-state index in [1.54, 1.807) is 30.3 Å². The van der Waals surface area contributed by atoms with Gasteiger partial charge in [-0.05, 0) is 25.1 Å². The summed E-state index contributed by atoms with van der Waals surface area (Å²) in [5.41, 5.74) is 0.814. The van der Waals surface area contributed by atoms with E-state index in [0.29, 0.717) is 12.4 Å². The van der Waals surface area contributed by atoms with Gasteiger partial charge < -0.3 is 4.74 Å². The van der Waals surface area contributed by atoms with Crippen LogP contribution in [0.5, 0.6) is 5.75 Å². The lowest BCUT2D eigenvalue weighted by atomic mass is 10.2. The van der Waals surface area contributed by atoms with Crippen LogP contribution in [0.2, 0.25) is 0 Å². The fourth-order valence-corrected chi connectivity index (χ4v) is 2.83. The van der Waals surface area contributed by atoms with Crippen molar-refractivity contribution in [2.75, 3.05) is 6.61 Å². The van der Waals surface area contributed by atoms with Gasteiger partial charge in [-0.3, -0.25) is 0 Å². The van der Waals surface area contributed by atoms with Gasteiger partial charge in [-0.1, -0.05) is 36.4 Å². The zero-order valence-corrected chi connectivity index (χ0v) is 12.1. The molecule has 0 aliphatic carbocycles. The van der Waals surface area contributed by atoms with Crippen molar-refractivity contribution in [3.8, 4) is 5.75 Å². The van der Waals surface area contributed by atoms with E-state index in [-0.39, 0.29) is 11.4 Å². The molecule has 0 saturated carbocycles. The van der Waals surface area contributed by atoms with Gasteiger partial charge in [0.1, 0.15) is 5.75 Å². The molecule has 0 saturated heterocycles. The lowest BCUT2D eigenvalue weighted by Gasteiger charge is -2.11. The van der Waals surface area contributed by atoms with E-state index in [2.05, 4.69) is 4.72 Å². The first-order valence-corrected chi connectivity index (χ1v) is 7.87. The summed E-state index contributed by atoms with van der Waals surface area (Å²) in [6.07, 6.45) is 0. The predicted molar refractivity (Wildman–Crippen MR) is 78.1 cm³/mol. The van der Waals surface area contributed by atoms with E-state index in [4.69, 9.17) is 4.74 Å². The second-order valence-electron chi connectivity index (χ2n) is 4.18. The van der Waals surface area contributed by atoms with E-state index >= 15 is 0 Å². The molecule has 0 bridgehead atoms. The van der Waals surface area contributed by atoms with Crippen molar-refractivity contribution < 1.29 is 13.2 Å². The Balaban J connectivity index is 2.13. The first kappa shape index (κ1) is 14.6. The zero-order chi connectivity index (χ0) is 14.4. The Morgan fingerprint density at radius 3 is 2.35 bits per heavy atom. The Bertz CT molecular complexity index is 654. The Morgan fingerprint density at radius 1 is 1.00 bits per heavy atom. The summed E-state index contributed by atoms with van der Waals surface area (Å²) in [4.78, 5) is 0.258. The van der Waals surface area contributed by atoms with Gasteiger partial charge in [0.05, 0.1) is 11.5 Å². The second kappa shape index (κ2) is 6.54. The zero-order valence-electron chi connectivity index (χ0n) is 11.2. The third-order valence-electron chi connectivity index (χ3n) is 2.78. The number of para-hydroxylation sites is 1. The maximum Gasteiger partial charge on any atom is 0.240 e. The molecule has 0 aromatic heterocycles. The summed E-state index contributed by atoms with van der Waals surface area (Å²) < 4.78 is 32.3. The van der Waals surface area contributed by atoms with Crippen LogP contribution in [0, 0.1) is 0 Å². The summed E-state index contributed by atoms with van der Waals surface area (Å²) >= 11 is 0. The molecule has 0 atom stereocenters. The highest BCUT2D eigenvalue weighted by atomic mass is 32.2. The first-order valence-electron chi connectivity index (χ1n) is 6.39. The summed E-state index contributed by atoms with van der Waals surface area (Å²) in [6.45, 7) is 2.64. The van der Waals surface area contributed by atoms with Gasteiger partial charge in [0.25, 0.3) is 0 Å². The molecule has 2 aromatic rings. The molecule has 0 unspecified atom stereocenters. The molecule has 4 nitrogen and oxygen atoms in total. The van der Waals surface area contributed by atoms with Crippen molar-refractivity contribution in [2.45, 2.75) is 18.4 Å². The Hall–Kier alpha value is -1.85. The van der Waals surface area contributed by atoms with Crippen molar-refractivity contribution in [1.29, 1.82) is 0 Å². The van der Waals surface area contributed by atoms with Crippen LogP contribution in [0.3, 0.4) is 0 Å². The fourth-order valence-electron chi connectivity index (χ4n) is 1.80. The number of hydrogen-bond acceptors (Lipinski definition) is 3. The molecule has 0 radical (unpaired) electrons.